The topological polar surface area (TPSA) is 55.6 Å². The van der Waals surface area contributed by atoms with Crippen molar-refractivity contribution in [3.8, 4) is 0 Å². The Labute approximate surface area is 114 Å². The van der Waals surface area contributed by atoms with Gasteiger partial charge in [-0.05, 0) is 43.4 Å². The predicted octanol–water partition coefficient (Wildman–Crippen LogP) is 2.08. The van der Waals surface area contributed by atoms with Crippen LogP contribution < -0.4 is 5.73 Å². The molecule has 1 aliphatic heterocycles. The van der Waals surface area contributed by atoms with E-state index in [1.165, 1.54) is 0 Å². The third-order valence-corrected chi connectivity index (χ3v) is 3.91. The number of nitrogens with zero attached hydrogens (tertiary/aromatic N) is 1. The number of piperidine rings is 1. The summed E-state index contributed by atoms with van der Waals surface area (Å²) in [6, 6.07) is 5.53. The molecule has 1 aromatic carbocycles. The van der Waals surface area contributed by atoms with Gasteiger partial charge in [-0.3, -0.25) is 4.79 Å². The molecule has 2 N–H and O–H groups in total. The van der Waals surface area contributed by atoms with Crippen LogP contribution >= 0.6 is 0 Å². The van der Waals surface area contributed by atoms with Gasteiger partial charge in [0.2, 0.25) is 0 Å². The van der Waals surface area contributed by atoms with E-state index in [-0.39, 0.29) is 5.91 Å². The lowest BCUT2D eigenvalue weighted by Crippen LogP contribution is -2.39. The van der Waals surface area contributed by atoms with Crippen LogP contribution in [0, 0.1) is 12.8 Å². The van der Waals surface area contributed by atoms with Gasteiger partial charge < -0.3 is 15.4 Å². The first-order valence-corrected chi connectivity index (χ1v) is 6.76. The Kier molecular flexibility index (Phi) is 4.43. The minimum Gasteiger partial charge on any atom is -0.398 e. The number of amides is 1. The van der Waals surface area contributed by atoms with Crippen molar-refractivity contribution in [2.45, 2.75) is 19.8 Å². The van der Waals surface area contributed by atoms with Crippen LogP contribution in [0.25, 0.3) is 0 Å². The molecule has 1 heterocycles. The Balaban J connectivity index is 2.03. The van der Waals surface area contributed by atoms with Gasteiger partial charge in [0.05, 0.1) is 0 Å². The van der Waals surface area contributed by atoms with Gasteiger partial charge in [-0.2, -0.15) is 0 Å². The zero-order chi connectivity index (χ0) is 13.8. The van der Waals surface area contributed by atoms with Crippen molar-refractivity contribution in [1.29, 1.82) is 0 Å². The van der Waals surface area contributed by atoms with Gasteiger partial charge in [-0.15, -0.1) is 0 Å². The van der Waals surface area contributed by atoms with Crippen molar-refractivity contribution in [1.82, 2.24) is 4.90 Å². The normalized spacial score (nSPS) is 16.6. The number of nitrogens with two attached hydrogens (primary N) is 1. The second-order valence-electron chi connectivity index (χ2n) is 5.21. The summed E-state index contributed by atoms with van der Waals surface area (Å²) in [6.07, 6.45) is 2.03. The van der Waals surface area contributed by atoms with E-state index in [0.29, 0.717) is 11.6 Å². The number of benzene rings is 1. The number of carbonyl (C=O) groups is 1. The lowest BCUT2D eigenvalue weighted by Gasteiger charge is -2.32. The quantitative estimate of drug-likeness (QED) is 0.848. The van der Waals surface area contributed by atoms with Crippen molar-refractivity contribution < 1.29 is 9.53 Å². The molecule has 0 spiro atoms. The van der Waals surface area contributed by atoms with E-state index >= 15 is 0 Å². The molecule has 1 fully saturated rings. The Morgan fingerprint density at radius 1 is 1.42 bits per heavy atom. The molecule has 1 amide bonds. The van der Waals surface area contributed by atoms with Crippen LogP contribution in [0.2, 0.25) is 0 Å². The van der Waals surface area contributed by atoms with Crippen LogP contribution in [0.3, 0.4) is 0 Å². The first-order valence-electron chi connectivity index (χ1n) is 6.76. The fraction of sp³-hybridized carbons (Fsp3) is 0.533. The number of anilines is 1. The van der Waals surface area contributed by atoms with Crippen LogP contribution in [-0.4, -0.2) is 37.6 Å². The molecular weight excluding hydrogens is 240 g/mol. The molecule has 1 aromatic rings. The van der Waals surface area contributed by atoms with Crippen molar-refractivity contribution >= 4 is 11.6 Å². The van der Waals surface area contributed by atoms with E-state index in [0.717, 1.165) is 43.7 Å². The van der Waals surface area contributed by atoms with Gasteiger partial charge in [0.15, 0.2) is 0 Å². The predicted molar refractivity (Wildman–Crippen MR) is 76.1 cm³/mol. The van der Waals surface area contributed by atoms with Gasteiger partial charge in [-0.25, -0.2) is 0 Å². The summed E-state index contributed by atoms with van der Waals surface area (Å²) in [5, 5.41) is 0. The molecule has 0 bridgehead atoms. The van der Waals surface area contributed by atoms with Gasteiger partial charge in [0.1, 0.15) is 0 Å². The summed E-state index contributed by atoms with van der Waals surface area (Å²) < 4.78 is 5.18. The van der Waals surface area contributed by atoms with Gasteiger partial charge in [-0.1, -0.05) is 6.07 Å². The summed E-state index contributed by atoms with van der Waals surface area (Å²) in [6.45, 7) is 4.31. The number of rotatable bonds is 3. The minimum absolute atomic E-state index is 0.0978. The highest BCUT2D eigenvalue weighted by atomic mass is 16.5. The molecule has 0 radical (unpaired) electrons. The largest absolute Gasteiger partial charge is 0.398 e. The van der Waals surface area contributed by atoms with Crippen LogP contribution in [0.15, 0.2) is 18.2 Å². The van der Waals surface area contributed by atoms with E-state index in [1.54, 1.807) is 7.11 Å². The van der Waals surface area contributed by atoms with E-state index in [9.17, 15) is 4.79 Å². The Bertz CT molecular complexity index is 451. The first kappa shape index (κ1) is 13.9. The third-order valence-electron chi connectivity index (χ3n) is 3.91. The molecule has 104 valence electrons. The molecule has 0 aliphatic carbocycles. The third kappa shape index (κ3) is 3.07. The molecule has 0 saturated carbocycles. The summed E-state index contributed by atoms with van der Waals surface area (Å²) in [4.78, 5) is 14.4. The van der Waals surface area contributed by atoms with E-state index < -0.39 is 0 Å². The van der Waals surface area contributed by atoms with Crippen molar-refractivity contribution in [2.75, 3.05) is 32.5 Å². The fourth-order valence-corrected chi connectivity index (χ4v) is 2.59. The second kappa shape index (κ2) is 6.06. The first-order chi connectivity index (χ1) is 9.13. The maximum Gasteiger partial charge on any atom is 0.254 e. The Morgan fingerprint density at radius 3 is 2.74 bits per heavy atom. The van der Waals surface area contributed by atoms with Crippen molar-refractivity contribution in [3.63, 3.8) is 0 Å². The summed E-state index contributed by atoms with van der Waals surface area (Å²) in [5.41, 5.74) is 8.15. The Hall–Kier alpha value is -1.55. The van der Waals surface area contributed by atoms with E-state index in [4.69, 9.17) is 10.5 Å². The number of likely N-dealkylation sites (tertiary alicyclic amines) is 1. The SMILES string of the molecule is COCC1CCN(C(=O)c2cccc(N)c2C)CC1. The average Bonchev–Trinajstić information content (AvgIpc) is 2.42. The van der Waals surface area contributed by atoms with E-state index in [1.807, 2.05) is 30.0 Å². The van der Waals surface area contributed by atoms with Crippen LogP contribution in [-0.2, 0) is 4.74 Å². The van der Waals surface area contributed by atoms with Crippen LogP contribution in [0.5, 0.6) is 0 Å². The number of methoxy groups -OCH3 is 1. The minimum atomic E-state index is 0.0978. The molecule has 0 aromatic heterocycles. The standard InChI is InChI=1S/C15H22N2O2/c1-11-13(4-3-5-14(11)16)15(18)17-8-6-12(7-9-17)10-19-2/h3-5,12H,6-10,16H2,1-2H3. The van der Waals surface area contributed by atoms with Crippen molar-refractivity contribution in [3.05, 3.63) is 29.3 Å². The molecule has 1 saturated heterocycles. The van der Waals surface area contributed by atoms with Crippen LogP contribution in [0.4, 0.5) is 5.69 Å². The molecule has 4 nitrogen and oxygen atoms in total. The molecule has 1 aliphatic rings. The van der Waals surface area contributed by atoms with E-state index in [2.05, 4.69) is 0 Å². The zero-order valence-electron chi connectivity index (χ0n) is 11.7. The summed E-state index contributed by atoms with van der Waals surface area (Å²) in [5.74, 6) is 0.677. The maximum absolute atomic E-state index is 12.5. The molecule has 4 heteroatoms. The molecule has 2 rings (SSSR count). The highest BCUT2D eigenvalue weighted by Gasteiger charge is 2.24. The highest BCUT2D eigenvalue weighted by molar-refractivity contribution is 5.96. The fourth-order valence-electron chi connectivity index (χ4n) is 2.59. The highest BCUT2D eigenvalue weighted by Crippen LogP contribution is 2.22. The average molecular weight is 262 g/mol. The van der Waals surface area contributed by atoms with Crippen LogP contribution in [0.1, 0.15) is 28.8 Å². The molecule has 0 unspecified atom stereocenters. The number of nitrogen functional groups attached to an aromatic ring is 1. The lowest BCUT2D eigenvalue weighted by molar-refractivity contribution is 0.0613. The number of hydrogen-bond donors (Lipinski definition) is 1. The molecular formula is C15H22N2O2. The number of ether oxygens (including phenoxy) is 1. The van der Waals surface area contributed by atoms with Gasteiger partial charge >= 0.3 is 0 Å². The van der Waals surface area contributed by atoms with Crippen molar-refractivity contribution in [2.24, 2.45) is 5.92 Å². The van der Waals surface area contributed by atoms with Gasteiger partial charge in [0, 0.05) is 38.1 Å². The summed E-state index contributed by atoms with van der Waals surface area (Å²) in [7, 11) is 1.73. The zero-order valence-corrected chi connectivity index (χ0v) is 11.7. The number of carbonyl (C=O) groups excluding carboxylic acids is 1. The summed E-state index contributed by atoms with van der Waals surface area (Å²) >= 11 is 0. The molecule has 19 heavy (non-hydrogen) atoms. The monoisotopic (exact) mass is 262 g/mol. The maximum atomic E-state index is 12.5. The second-order valence-corrected chi connectivity index (χ2v) is 5.21. The number of hydrogen-bond acceptors (Lipinski definition) is 3. The lowest BCUT2D eigenvalue weighted by atomic mass is 9.96. The molecule has 0 atom stereocenters. The smallest absolute Gasteiger partial charge is 0.254 e. The Morgan fingerprint density at radius 2 is 2.11 bits per heavy atom. The van der Waals surface area contributed by atoms with Gasteiger partial charge in [0.25, 0.3) is 5.91 Å².